The van der Waals surface area contributed by atoms with Crippen LogP contribution in [0.2, 0.25) is 0 Å². The highest BCUT2D eigenvalue weighted by Crippen LogP contribution is 2.36. The Labute approximate surface area is 152 Å². The van der Waals surface area contributed by atoms with Gasteiger partial charge in [0, 0.05) is 17.2 Å². The van der Waals surface area contributed by atoms with Crippen LogP contribution in [-0.2, 0) is 6.42 Å². The van der Waals surface area contributed by atoms with Crippen molar-refractivity contribution in [1.82, 2.24) is 5.32 Å². The smallest absolute Gasteiger partial charge is 0.189 e. The second kappa shape index (κ2) is 7.40. The van der Waals surface area contributed by atoms with Crippen LogP contribution in [0.3, 0.4) is 0 Å². The largest absolute Gasteiger partial charge is 0.493 e. The van der Waals surface area contributed by atoms with Crippen LogP contribution in [0.4, 0.5) is 0 Å². The zero-order valence-corrected chi connectivity index (χ0v) is 15.0. The van der Waals surface area contributed by atoms with E-state index in [1.165, 1.54) is 11.1 Å². The van der Waals surface area contributed by atoms with Gasteiger partial charge in [0.25, 0.3) is 0 Å². The molecule has 0 aromatic heterocycles. The highest BCUT2D eigenvalue weighted by molar-refractivity contribution is 7.99. The molecular weight excluding hydrogens is 330 g/mol. The Morgan fingerprint density at radius 2 is 1.96 bits per heavy atom. The number of benzene rings is 2. The number of rotatable bonds is 3. The minimum atomic E-state index is 0.167. The Bertz CT molecular complexity index is 777. The first-order valence-electron chi connectivity index (χ1n) is 8.79. The van der Waals surface area contributed by atoms with Crippen molar-refractivity contribution in [3.8, 4) is 5.75 Å². The van der Waals surface area contributed by atoms with Gasteiger partial charge in [0.2, 0.25) is 0 Å². The van der Waals surface area contributed by atoms with Gasteiger partial charge in [-0.25, -0.2) is 0 Å². The maximum absolute atomic E-state index is 6.19. The van der Waals surface area contributed by atoms with Crippen molar-refractivity contribution in [2.45, 2.75) is 24.1 Å². The van der Waals surface area contributed by atoms with Gasteiger partial charge in [-0.15, -0.1) is 0 Å². The second-order valence-electron chi connectivity index (χ2n) is 6.41. The Morgan fingerprint density at radius 1 is 1.16 bits per heavy atom. The summed E-state index contributed by atoms with van der Waals surface area (Å²) in [6.07, 6.45) is 2.04. The van der Waals surface area contributed by atoms with Crippen molar-refractivity contribution >= 4 is 17.7 Å². The molecule has 2 aliphatic rings. The molecule has 0 aliphatic carbocycles. The predicted octanol–water partition coefficient (Wildman–Crippen LogP) is 3.45. The highest BCUT2D eigenvalue weighted by atomic mass is 32.2. The van der Waals surface area contributed by atoms with Crippen LogP contribution in [0.15, 0.2) is 53.5 Å². The zero-order valence-electron chi connectivity index (χ0n) is 14.2. The lowest BCUT2D eigenvalue weighted by Gasteiger charge is -2.27. The number of fused-ring (bicyclic) bond motifs is 2. The van der Waals surface area contributed by atoms with Crippen LogP contribution in [0.25, 0.3) is 0 Å². The molecule has 0 spiro atoms. The monoisotopic (exact) mass is 353 g/mol. The van der Waals surface area contributed by atoms with Crippen molar-refractivity contribution in [2.24, 2.45) is 10.7 Å². The van der Waals surface area contributed by atoms with E-state index in [2.05, 4.69) is 40.6 Å². The minimum Gasteiger partial charge on any atom is -0.493 e. The van der Waals surface area contributed by atoms with Crippen LogP contribution < -0.4 is 15.8 Å². The number of nitrogens with one attached hydrogen (secondary N) is 1. The summed E-state index contributed by atoms with van der Waals surface area (Å²) >= 11 is 1.97. The molecular formula is C20H23N3OS. The van der Waals surface area contributed by atoms with E-state index in [-0.39, 0.29) is 6.04 Å². The summed E-state index contributed by atoms with van der Waals surface area (Å²) in [6, 6.07) is 17.0. The lowest BCUT2D eigenvalue weighted by atomic mass is 10.0. The number of nitrogens with two attached hydrogens (primary N) is 1. The summed E-state index contributed by atoms with van der Waals surface area (Å²) in [4.78, 5) is 4.64. The molecule has 2 atom stereocenters. The fourth-order valence-corrected chi connectivity index (χ4v) is 4.74. The molecule has 0 radical (unpaired) electrons. The van der Waals surface area contributed by atoms with E-state index in [0.29, 0.717) is 24.4 Å². The topological polar surface area (TPSA) is 59.6 Å². The van der Waals surface area contributed by atoms with Crippen molar-refractivity contribution in [1.29, 1.82) is 0 Å². The molecule has 0 saturated heterocycles. The van der Waals surface area contributed by atoms with E-state index in [1.54, 1.807) is 0 Å². The predicted molar refractivity (Wildman–Crippen MR) is 104 cm³/mol. The Morgan fingerprint density at radius 3 is 2.88 bits per heavy atom. The Kier molecular flexibility index (Phi) is 4.83. The molecule has 0 saturated carbocycles. The van der Waals surface area contributed by atoms with E-state index >= 15 is 0 Å². The van der Waals surface area contributed by atoms with Crippen LogP contribution in [-0.4, -0.2) is 24.9 Å². The highest BCUT2D eigenvalue weighted by Gasteiger charge is 2.22. The Balaban J connectivity index is 1.44. The number of thioether (sulfide) groups is 1. The summed E-state index contributed by atoms with van der Waals surface area (Å²) < 4.78 is 5.71. The lowest BCUT2D eigenvalue weighted by Crippen LogP contribution is -2.37. The van der Waals surface area contributed by atoms with Gasteiger partial charge < -0.3 is 15.8 Å². The van der Waals surface area contributed by atoms with Gasteiger partial charge in [0.15, 0.2) is 5.96 Å². The van der Waals surface area contributed by atoms with Crippen molar-refractivity contribution in [3.63, 3.8) is 0 Å². The zero-order chi connectivity index (χ0) is 17.1. The van der Waals surface area contributed by atoms with E-state index in [0.717, 1.165) is 29.9 Å². The first kappa shape index (κ1) is 16.3. The third kappa shape index (κ3) is 3.61. The van der Waals surface area contributed by atoms with Crippen molar-refractivity contribution < 1.29 is 4.74 Å². The SMILES string of the molecule is NC(=NCC1SCCc2ccccc21)NC1CCOc2ccccc21. The van der Waals surface area contributed by atoms with Gasteiger partial charge in [-0.05, 0) is 29.4 Å². The maximum atomic E-state index is 6.19. The maximum Gasteiger partial charge on any atom is 0.189 e. The quantitative estimate of drug-likeness (QED) is 0.655. The number of guanidine groups is 1. The lowest BCUT2D eigenvalue weighted by molar-refractivity contribution is 0.262. The number of ether oxygens (including phenoxy) is 1. The second-order valence-corrected chi connectivity index (χ2v) is 7.72. The molecule has 130 valence electrons. The van der Waals surface area contributed by atoms with E-state index in [1.807, 2.05) is 30.0 Å². The average Bonchev–Trinajstić information content (AvgIpc) is 2.66. The molecule has 4 rings (SSSR count). The molecule has 2 heterocycles. The summed E-state index contributed by atoms with van der Waals surface area (Å²) in [5.41, 5.74) is 10.2. The molecule has 25 heavy (non-hydrogen) atoms. The third-order valence-electron chi connectivity index (χ3n) is 4.80. The van der Waals surface area contributed by atoms with Crippen molar-refractivity contribution in [3.05, 3.63) is 65.2 Å². The number of aliphatic imine (C=N–C) groups is 1. The first-order valence-corrected chi connectivity index (χ1v) is 9.84. The number of aryl methyl sites for hydroxylation is 1. The molecule has 2 unspecified atom stereocenters. The molecule has 4 nitrogen and oxygen atoms in total. The molecule has 5 heteroatoms. The number of para-hydroxylation sites is 1. The molecule has 2 aliphatic heterocycles. The Hall–Kier alpha value is -2.14. The van der Waals surface area contributed by atoms with Crippen LogP contribution >= 0.6 is 11.8 Å². The fourth-order valence-electron chi connectivity index (χ4n) is 3.53. The van der Waals surface area contributed by atoms with Gasteiger partial charge >= 0.3 is 0 Å². The fraction of sp³-hybridized carbons (Fsp3) is 0.350. The van der Waals surface area contributed by atoms with E-state index < -0.39 is 0 Å². The molecule has 0 bridgehead atoms. The molecule has 0 amide bonds. The van der Waals surface area contributed by atoms with Gasteiger partial charge in [-0.1, -0.05) is 42.5 Å². The first-order chi connectivity index (χ1) is 12.3. The van der Waals surface area contributed by atoms with E-state index in [9.17, 15) is 0 Å². The van der Waals surface area contributed by atoms with Crippen LogP contribution in [0.5, 0.6) is 5.75 Å². The number of nitrogens with zero attached hydrogens (tertiary/aromatic N) is 1. The molecule has 3 N–H and O–H groups in total. The normalized spacial score (nSPS) is 22.5. The molecule has 2 aromatic rings. The third-order valence-corrected chi connectivity index (χ3v) is 6.05. The van der Waals surface area contributed by atoms with Crippen LogP contribution in [0.1, 0.15) is 34.4 Å². The number of hydrogen-bond donors (Lipinski definition) is 2. The van der Waals surface area contributed by atoms with Gasteiger partial charge in [0.1, 0.15) is 5.75 Å². The number of hydrogen-bond acceptors (Lipinski definition) is 3. The van der Waals surface area contributed by atoms with E-state index in [4.69, 9.17) is 10.5 Å². The average molecular weight is 353 g/mol. The summed E-state index contributed by atoms with van der Waals surface area (Å²) in [7, 11) is 0. The van der Waals surface area contributed by atoms with Crippen LogP contribution in [0, 0.1) is 0 Å². The summed E-state index contributed by atoms with van der Waals surface area (Å²) in [5, 5.41) is 3.77. The van der Waals surface area contributed by atoms with Gasteiger partial charge in [-0.3, -0.25) is 4.99 Å². The summed E-state index contributed by atoms with van der Waals surface area (Å²) in [6.45, 7) is 1.42. The summed E-state index contributed by atoms with van der Waals surface area (Å²) in [5.74, 6) is 2.61. The molecule has 0 fully saturated rings. The van der Waals surface area contributed by atoms with Gasteiger partial charge in [-0.2, -0.15) is 11.8 Å². The molecule has 2 aromatic carbocycles. The minimum absolute atomic E-state index is 0.167. The van der Waals surface area contributed by atoms with Gasteiger partial charge in [0.05, 0.1) is 19.2 Å². The standard InChI is InChI=1S/C20H23N3OS/c21-20(23-17-9-11-24-18-8-4-3-7-16(17)18)22-13-19-15-6-2-1-5-14(15)10-12-25-19/h1-8,17,19H,9-13H2,(H3,21,22,23). The van der Waals surface area contributed by atoms with Crippen molar-refractivity contribution in [2.75, 3.05) is 18.9 Å².